The van der Waals surface area contributed by atoms with Crippen LogP contribution in [0.3, 0.4) is 0 Å². The molecular formula is C36H66O5. The zero-order valence-electron chi connectivity index (χ0n) is 27.0. The fourth-order valence-electron chi connectivity index (χ4n) is 5.06. The van der Waals surface area contributed by atoms with Crippen LogP contribution in [0, 0.1) is 0 Å². The molecule has 240 valence electrons. The van der Waals surface area contributed by atoms with E-state index in [4.69, 9.17) is 9.84 Å². The van der Waals surface area contributed by atoms with E-state index in [9.17, 15) is 14.7 Å². The minimum atomic E-state index is -0.700. The Bertz CT molecular complexity index is 642. The second-order valence-electron chi connectivity index (χ2n) is 11.9. The van der Waals surface area contributed by atoms with Gasteiger partial charge in [0.25, 0.3) is 0 Å². The van der Waals surface area contributed by atoms with Crippen molar-refractivity contribution in [2.24, 2.45) is 0 Å². The molecule has 0 aromatic rings. The van der Waals surface area contributed by atoms with Gasteiger partial charge in [-0.2, -0.15) is 0 Å². The van der Waals surface area contributed by atoms with Crippen LogP contribution in [0.15, 0.2) is 24.3 Å². The highest BCUT2D eigenvalue weighted by Gasteiger charge is 2.13. The Labute approximate surface area is 253 Å². The predicted molar refractivity (Wildman–Crippen MR) is 173 cm³/mol. The van der Waals surface area contributed by atoms with Crippen LogP contribution in [0.25, 0.3) is 0 Å². The maximum absolute atomic E-state index is 12.5. The van der Waals surface area contributed by atoms with Crippen molar-refractivity contribution >= 4 is 11.9 Å². The van der Waals surface area contributed by atoms with E-state index < -0.39 is 5.97 Å². The second kappa shape index (κ2) is 31.3. The zero-order valence-corrected chi connectivity index (χ0v) is 27.0. The largest absolute Gasteiger partial charge is 0.481 e. The van der Waals surface area contributed by atoms with Crippen molar-refractivity contribution in [1.29, 1.82) is 0 Å². The second-order valence-corrected chi connectivity index (χ2v) is 11.9. The van der Waals surface area contributed by atoms with Gasteiger partial charge < -0.3 is 14.9 Å². The van der Waals surface area contributed by atoms with E-state index >= 15 is 0 Å². The van der Waals surface area contributed by atoms with Crippen molar-refractivity contribution in [1.82, 2.24) is 0 Å². The molecule has 1 unspecified atom stereocenters. The first kappa shape index (κ1) is 39.4. The van der Waals surface area contributed by atoms with Gasteiger partial charge in [-0.05, 0) is 64.2 Å². The van der Waals surface area contributed by atoms with Crippen LogP contribution in [0.2, 0.25) is 0 Å². The number of carbonyl (C=O) groups is 2. The molecule has 2 atom stereocenters. The van der Waals surface area contributed by atoms with Gasteiger partial charge in [0.1, 0.15) is 6.10 Å². The van der Waals surface area contributed by atoms with Gasteiger partial charge >= 0.3 is 11.9 Å². The maximum Gasteiger partial charge on any atom is 0.306 e. The molecule has 41 heavy (non-hydrogen) atoms. The number of aliphatic carboxylic acids is 1. The van der Waals surface area contributed by atoms with Gasteiger partial charge in [-0.15, -0.1) is 0 Å². The van der Waals surface area contributed by atoms with Gasteiger partial charge in [0.2, 0.25) is 0 Å². The maximum atomic E-state index is 12.5. The molecule has 0 bridgehead atoms. The van der Waals surface area contributed by atoms with E-state index in [-0.39, 0.29) is 24.6 Å². The third kappa shape index (κ3) is 31.2. The van der Waals surface area contributed by atoms with Crippen LogP contribution < -0.4 is 0 Å². The van der Waals surface area contributed by atoms with E-state index in [1.165, 1.54) is 51.4 Å². The minimum absolute atomic E-state index is 0.00623. The van der Waals surface area contributed by atoms with Gasteiger partial charge in [-0.3, -0.25) is 9.59 Å². The number of aliphatic hydroxyl groups is 1. The molecule has 5 heteroatoms. The van der Waals surface area contributed by atoms with E-state index in [1.54, 1.807) is 0 Å². The average molecular weight is 579 g/mol. The Hall–Kier alpha value is -1.62. The Balaban J connectivity index is 3.96. The van der Waals surface area contributed by atoms with E-state index in [2.05, 4.69) is 38.2 Å². The molecule has 0 spiro atoms. The van der Waals surface area contributed by atoms with Crippen LogP contribution in [0.4, 0.5) is 0 Å². The van der Waals surface area contributed by atoms with Crippen molar-refractivity contribution in [2.75, 3.05) is 0 Å². The summed E-state index contributed by atoms with van der Waals surface area (Å²) in [5.41, 5.74) is 0. The normalized spacial score (nSPS) is 13.2. The number of esters is 1. The summed E-state index contributed by atoms with van der Waals surface area (Å²) >= 11 is 0. The van der Waals surface area contributed by atoms with Gasteiger partial charge in [0, 0.05) is 19.3 Å². The fourth-order valence-corrected chi connectivity index (χ4v) is 5.06. The highest BCUT2D eigenvalue weighted by Crippen LogP contribution is 2.16. The molecule has 0 saturated carbocycles. The monoisotopic (exact) mass is 578 g/mol. The molecular weight excluding hydrogens is 512 g/mol. The third-order valence-electron chi connectivity index (χ3n) is 7.72. The van der Waals surface area contributed by atoms with E-state index in [1.807, 2.05) is 0 Å². The molecule has 0 amide bonds. The van der Waals surface area contributed by atoms with Gasteiger partial charge in [0.05, 0.1) is 6.10 Å². The molecule has 0 heterocycles. The first-order valence-electron chi connectivity index (χ1n) is 17.4. The molecule has 0 saturated heterocycles. The summed E-state index contributed by atoms with van der Waals surface area (Å²) in [7, 11) is 0. The van der Waals surface area contributed by atoms with Crippen LogP contribution in [-0.4, -0.2) is 34.4 Å². The lowest BCUT2D eigenvalue weighted by molar-refractivity contribution is -0.149. The smallest absolute Gasteiger partial charge is 0.306 e. The predicted octanol–water partition coefficient (Wildman–Crippen LogP) is 10.6. The molecule has 0 rings (SSSR count). The molecule has 5 nitrogen and oxygen atoms in total. The van der Waals surface area contributed by atoms with E-state index in [0.717, 1.165) is 103 Å². The number of allylic oxidation sites excluding steroid dienone is 2. The number of carbonyl (C=O) groups excluding carboxylic acids is 1. The summed E-state index contributed by atoms with van der Waals surface area (Å²) in [6.07, 6.45) is 35.2. The van der Waals surface area contributed by atoms with Crippen molar-refractivity contribution in [2.45, 2.75) is 193 Å². The Kier molecular flexibility index (Phi) is 30.1. The highest BCUT2D eigenvalue weighted by atomic mass is 16.5. The summed E-state index contributed by atoms with van der Waals surface area (Å²) in [5.74, 6) is -0.745. The molecule has 0 aliphatic carbocycles. The minimum Gasteiger partial charge on any atom is -0.481 e. The highest BCUT2D eigenvalue weighted by molar-refractivity contribution is 5.69. The Morgan fingerprint density at radius 3 is 1.66 bits per heavy atom. The lowest BCUT2D eigenvalue weighted by Gasteiger charge is -2.16. The molecule has 0 aliphatic heterocycles. The Morgan fingerprint density at radius 1 is 0.585 bits per heavy atom. The summed E-state index contributed by atoms with van der Waals surface area (Å²) in [5, 5.41) is 18.7. The lowest BCUT2D eigenvalue weighted by Crippen LogP contribution is -2.17. The molecule has 0 fully saturated rings. The quantitative estimate of drug-likeness (QED) is 0.0485. The Morgan fingerprint density at radius 2 is 1.07 bits per heavy atom. The number of rotatable bonds is 31. The lowest BCUT2D eigenvalue weighted by atomic mass is 10.1. The number of ether oxygens (including phenoxy) is 1. The van der Waals surface area contributed by atoms with Crippen LogP contribution in [0.1, 0.15) is 181 Å². The zero-order chi connectivity index (χ0) is 30.2. The number of carboxylic acid groups (broad SMARTS) is 1. The van der Waals surface area contributed by atoms with Crippen molar-refractivity contribution < 1.29 is 24.5 Å². The van der Waals surface area contributed by atoms with Crippen LogP contribution in [-0.2, 0) is 14.3 Å². The van der Waals surface area contributed by atoms with Crippen molar-refractivity contribution in [3.05, 3.63) is 24.3 Å². The first-order chi connectivity index (χ1) is 20.0. The summed E-state index contributed by atoms with van der Waals surface area (Å²) < 4.78 is 5.88. The van der Waals surface area contributed by atoms with E-state index in [0.29, 0.717) is 6.42 Å². The topological polar surface area (TPSA) is 83.8 Å². The van der Waals surface area contributed by atoms with Crippen LogP contribution >= 0.6 is 0 Å². The molecule has 0 aliphatic rings. The number of carboxylic acids is 1. The number of aliphatic hydroxyl groups excluding tert-OH is 1. The third-order valence-corrected chi connectivity index (χ3v) is 7.72. The average Bonchev–Trinajstić information content (AvgIpc) is 2.95. The summed E-state index contributed by atoms with van der Waals surface area (Å²) in [4.78, 5) is 23.0. The SMILES string of the molecule is CCCCCCC(CC=CCCCCCCCC(=O)O)OC(=O)CCCCCCC/C=C\C[C@H](O)CCCCCC. The number of unbranched alkanes of at least 4 members (excludes halogenated alkanes) is 16. The molecule has 0 aromatic heterocycles. The summed E-state index contributed by atoms with van der Waals surface area (Å²) in [6.45, 7) is 4.42. The standard InChI is InChI=1S/C36H66O5/c1-3-5-7-21-27-33(37)28-22-17-13-9-12-16-20-26-32-36(40)41-34(29-23-8-6-4-2)30-24-18-14-10-11-15-19-25-31-35(38)39/h17-18,22,24,33-34,37H,3-16,19-21,23,25-32H2,1-2H3,(H,38,39)/b22-17-,24-18?/t33-,34?/m1/s1. The fraction of sp³-hybridized carbons (Fsp3) is 0.833. The summed E-state index contributed by atoms with van der Waals surface area (Å²) in [6, 6.07) is 0. The number of hydrogen-bond donors (Lipinski definition) is 2. The molecule has 0 aromatic carbocycles. The van der Waals surface area contributed by atoms with Gasteiger partial charge in [-0.25, -0.2) is 0 Å². The van der Waals surface area contributed by atoms with Crippen molar-refractivity contribution in [3.63, 3.8) is 0 Å². The number of hydrogen-bond acceptors (Lipinski definition) is 4. The molecule has 0 radical (unpaired) electrons. The van der Waals surface area contributed by atoms with Gasteiger partial charge in [0.15, 0.2) is 0 Å². The van der Waals surface area contributed by atoms with Gasteiger partial charge in [-0.1, -0.05) is 122 Å². The van der Waals surface area contributed by atoms with Crippen LogP contribution in [0.5, 0.6) is 0 Å². The first-order valence-corrected chi connectivity index (χ1v) is 17.4. The van der Waals surface area contributed by atoms with Crippen molar-refractivity contribution in [3.8, 4) is 0 Å². The molecule has 2 N–H and O–H groups in total.